The van der Waals surface area contributed by atoms with Gasteiger partial charge in [0.2, 0.25) is 0 Å². The van der Waals surface area contributed by atoms with Crippen molar-refractivity contribution in [3.63, 3.8) is 0 Å². The summed E-state index contributed by atoms with van der Waals surface area (Å²) >= 11 is 0. The van der Waals surface area contributed by atoms with Crippen LogP contribution in [0.2, 0.25) is 0 Å². The van der Waals surface area contributed by atoms with E-state index in [0.29, 0.717) is 0 Å². The summed E-state index contributed by atoms with van der Waals surface area (Å²) in [5.41, 5.74) is 0. The molecule has 0 aromatic heterocycles. The van der Waals surface area contributed by atoms with Gasteiger partial charge in [0, 0.05) is 0 Å². The second kappa shape index (κ2) is 38.1. The van der Waals surface area contributed by atoms with Gasteiger partial charge in [0.15, 0.2) is 0 Å². The van der Waals surface area contributed by atoms with E-state index < -0.39 is 0 Å². The quantitative estimate of drug-likeness (QED) is 0.371. The molecule has 0 radical (unpaired) electrons. The van der Waals surface area contributed by atoms with E-state index >= 15 is 0 Å². The zero-order chi connectivity index (χ0) is 5.41. The van der Waals surface area contributed by atoms with Gasteiger partial charge >= 0.3 is 32.7 Å². The van der Waals surface area contributed by atoms with E-state index in [-0.39, 0.29) is 32.7 Å². The van der Waals surface area contributed by atoms with E-state index in [1.807, 2.05) is 11.8 Å². The normalized spacial score (nSPS) is 2.00. The summed E-state index contributed by atoms with van der Waals surface area (Å²) in [4.78, 5) is 0. The molecule has 0 fully saturated rings. The maximum Gasteiger partial charge on any atom is 3.00 e. The summed E-state index contributed by atoms with van der Waals surface area (Å²) in [6.07, 6.45) is 8.97. The van der Waals surface area contributed by atoms with Gasteiger partial charge in [0.25, 0.3) is 0 Å². The third-order valence-electron chi connectivity index (χ3n) is 0. The molecule has 0 aliphatic carbocycles. The Morgan fingerprint density at radius 3 is 1.00 bits per heavy atom. The van der Waals surface area contributed by atoms with Gasteiger partial charge in [0.1, 0.15) is 0 Å². The topological polar surface area (TPSA) is 0 Å². The molecule has 32 valence electrons. The minimum atomic E-state index is 0. The Hall–Kier alpha value is -0.0361. The molecule has 0 heterocycles. The van der Waals surface area contributed by atoms with Gasteiger partial charge in [-0.3, -0.25) is 0 Å². The summed E-state index contributed by atoms with van der Waals surface area (Å²) in [7, 11) is 0. The number of terminal acetylenes is 2. The molecule has 0 saturated carbocycles. The number of rotatable bonds is 0. The smallest absolute Gasteiger partial charge is 0.345 e. The molecule has 0 aliphatic rings. The predicted octanol–water partition coefficient (Wildman–Crippen LogP) is 0.905. The molecule has 0 aromatic carbocycles. The number of hydrogen-bond acceptors (Lipinski definition) is 0. The molecule has 0 atom stereocenters. The van der Waals surface area contributed by atoms with Gasteiger partial charge in [-0.1, -0.05) is 0 Å². The first kappa shape index (κ1) is 15.8. The van der Waals surface area contributed by atoms with Crippen LogP contribution in [-0.4, -0.2) is 0 Å². The van der Waals surface area contributed by atoms with Gasteiger partial charge < -0.3 is 24.7 Å². The molecule has 0 N–H and O–H groups in total. The molecular formula is C6H6Y+. The summed E-state index contributed by atoms with van der Waals surface area (Å²) < 4.78 is 0. The zero-order valence-electron chi connectivity index (χ0n) is 4.15. The molecular weight excluding hydrogens is 161 g/mol. The van der Waals surface area contributed by atoms with Crippen molar-refractivity contribution in [3.8, 4) is 24.7 Å². The monoisotopic (exact) mass is 167 g/mol. The Labute approximate surface area is 71.0 Å². The predicted molar refractivity (Wildman–Crippen MR) is 28.4 cm³/mol. The van der Waals surface area contributed by atoms with Crippen molar-refractivity contribution in [3.05, 3.63) is 13.8 Å². The fourth-order valence-corrected chi connectivity index (χ4v) is 0. The van der Waals surface area contributed by atoms with Crippen LogP contribution in [0.1, 0.15) is 0 Å². The first-order chi connectivity index (χ1) is 2.83. The van der Waals surface area contributed by atoms with Crippen LogP contribution in [0.25, 0.3) is 0 Å². The molecule has 0 aromatic rings. The SMILES string of the molecule is C#C[CH2-].C#C[CH2-].[Y+3]. The van der Waals surface area contributed by atoms with E-state index in [1.54, 1.807) is 0 Å². The molecule has 0 saturated heterocycles. The van der Waals surface area contributed by atoms with Crippen molar-refractivity contribution < 1.29 is 32.7 Å². The fraction of sp³-hybridized carbons (Fsp3) is 0. The van der Waals surface area contributed by atoms with Gasteiger partial charge in [-0.05, 0) is 0 Å². The van der Waals surface area contributed by atoms with Crippen LogP contribution in [0.15, 0.2) is 0 Å². The van der Waals surface area contributed by atoms with Crippen molar-refractivity contribution >= 4 is 0 Å². The Bertz CT molecular complexity index is 59.2. The van der Waals surface area contributed by atoms with Crippen LogP contribution in [0.3, 0.4) is 0 Å². The van der Waals surface area contributed by atoms with E-state index in [4.69, 9.17) is 0 Å². The standard InChI is InChI=1S/2C3H3.Y/c2*1-3-2;/h2*1H,2H2;/q2*-1;+3. The maximum atomic E-state index is 4.49. The van der Waals surface area contributed by atoms with Crippen LogP contribution in [0.4, 0.5) is 0 Å². The van der Waals surface area contributed by atoms with E-state index in [0.717, 1.165) is 0 Å². The van der Waals surface area contributed by atoms with E-state index in [9.17, 15) is 0 Å². The van der Waals surface area contributed by atoms with Gasteiger partial charge in [0.05, 0.1) is 0 Å². The van der Waals surface area contributed by atoms with Gasteiger partial charge in [-0.15, -0.1) is 0 Å². The summed E-state index contributed by atoms with van der Waals surface area (Å²) in [5.74, 6) is 4.00. The van der Waals surface area contributed by atoms with Gasteiger partial charge in [-0.25, -0.2) is 0 Å². The average molecular weight is 167 g/mol. The van der Waals surface area contributed by atoms with Crippen molar-refractivity contribution in [1.82, 2.24) is 0 Å². The maximum absolute atomic E-state index is 4.49. The molecule has 0 bridgehead atoms. The molecule has 0 unspecified atom stereocenters. The summed E-state index contributed by atoms with van der Waals surface area (Å²) in [6.45, 7) is 6.03. The first-order valence-corrected chi connectivity index (χ1v) is 1.28. The van der Waals surface area contributed by atoms with E-state index in [1.165, 1.54) is 0 Å². The first-order valence-electron chi connectivity index (χ1n) is 1.28. The summed E-state index contributed by atoms with van der Waals surface area (Å²) in [5, 5.41) is 0. The third kappa shape index (κ3) is 71900. The van der Waals surface area contributed by atoms with Crippen LogP contribution < -0.4 is 0 Å². The zero-order valence-corrected chi connectivity index (χ0v) is 6.98. The van der Waals surface area contributed by atoms with Crippen LogP contribution in [-0.2, 0) is 32.7 Å². The second-order valence-electron chi connectivity index (χ2n) is 0.408. The second-order valence-corrected chi connectivity index (χ2v) is 0.408. The fourth-order valence-electron chi connectivity index (χ4n) is 0. The average Bonchev–Trinajstić information content (AvgIpc) is 1.39. The summed E-state index contributed by atoms with van der Waals surface area (Å²) in [6, 6.07) is 0. The minimum Gasteiger partial charge on any atom is -0.345 e. The molecule has 1 heteroatoms. The molecule has 0 nitrogen and oxygen atoms in total. The Morgan fingerprint density at radius 1 is 1.00 bits per heavy atom. The van der Waals surface area contributed by atoms with Crippen LogP contribution in [0, 0.1) is 38.5 Å². The third-order valence-corrected chi connectivity index (χ3v) is 0. The molecule has 0 amide bonds. The van der Waals surface area contributed by atoms with Crippen LogP contribution in [0.5, 0.6) is 0 Å². The Morgan fingerprint density at radius 2 is 1.00 bits per heavy atom. The Kier molecular flexibility index (Phi) is 85.8. The number of hydrogen-bond donors (Lipinski definition) is 0. The molecule has 0 spiro atoms. The van der Waals surface area contributed by atoms with Crippen molar-refractivity contribution in [1.29, 1.82) is 0 Å². The van der Waals surface area contributed by atoms with Gasteiger partial charge in [-0.2, -0.15) is 13.8 Å². The van der Waals surface area contributed by atoms with Crippen molar-refractivity contribution in [2.75, 3.05) is 0 Å². The van der Waals surface area contributed by atoms with E-state index in [2.05, 4.69) is 26.7 Å². The molecule has 0 rings (SSSR count). The van der Waals surface area contributed by atoms with Crippen LogP contribution >= 0.6 is 0 Å². The minimum absolute atomic E-state index is 0. The van der Waals surface area contributed by atoms with Crippen molar-refractivity contribution in [2.24, 2.45) is 0 Å². The molecule has 7 heavy (non-hydrogen) atoms. The van der Waals surface area contributed by atoms with Crippen molar-refractivity contribution in [2.45, 2.75) is 0 Å². The Balaban J connectivity index is -0.0000000400. The largest absolute Gasteiger partial charge is 3.00 e. The molecule has 0 aliphatic heterocycles.